The number of nitrogens with zero attached hydrogens (tertiary/aromatic N) is 1. The average molecular weight is 306 g/mol. The second kappa shape index (κ2) is 7.08. The minimum atomic E-state index is -0.185. The zero-order valence-corrected chi connectivity index (χ0v) is 13.1. The van der Waals surface area contributed by atoms with Gasteiger partial charge in [-0.05, 0) is 26.0 Å². The van der Waals surface area contributed by atoms with Gasteiger partial charge in [0.25, 0.3) is 5.91 Å². The van der Waals surface area contributed by atoms with E-state index < -0.39 is 0 Å². The summed E-state index contributed by atoms with van der Waals surface area (Å²) in [5.41, 5.74) is 0.446. The van der Waals surface area contributed by atoms with E-state index in [4.69, 9.17) is 9.47 Å². The molecule has 0 saturated heterocycles. The second-order valence-electron chi connectivity index (χ2n) is 4.54. The van der Waals surface area contributed by atoms with Gasteiger partial charge in [0.15, 0.2) is 11.5 Å². The lowest BCUT2D eigenvalue weighted by Gasteiger charge is -2.17. The average Bonchev–Trinajstić information content (AvgIpc) is 2.92. The number of aryl methyl sites for hydroxylation is 1. The number of aromatic nitrogens is 1. The third-order valence-electron chi connectivity index (χ3n) is 2.80. The number of rotatable bonds is 6. The monoisotopic (exact) mass is 306 g/mol. The molecule has 2 rings (SSSR count). The molecule has 1 atom stereocenters. The summed E-state index contributed by atoms with van der Waals surface area (Å²) in [6.45, 7) is 4.15. The van der Waals surface area contributed by atoms with Crippen molar-refractivity contribution in [1.82, 2.24) is 10.3 Å². The number of hydrogen-bond acceptors (Lipinski definition) is 5. The Labute approximate surface area is 127 Å². The van der Waals surface area contributed by atoms with Crippen molar-refractivity contribution in [2.75, 3.05) is 13.7 Å². The Balaban J connectivity index is 1.87. The van der Waals surface area contributed by atoms with E-state index in [1.54, 1.807) is 12.5 Å². The SMILES string of the molecule is COc1ccccc1OC(C)CNC(=O)c1csc(C)n1. The molecule has 2 aromatic rings. The van der Waals surface area contributed by atoms with Gasteiger partial charge in [0, 0.05) is 5.38 Å². The fraction of sp³-hybridized carbons (Fsp3) is 0.333. The second-order valence-corrected chi connectivity index (χ2v) is 5.60. The first-order chi connectivity index (χ1) is 10.1. The highest BCUT2D eigenvalue weighted by molar-refractivity contribution is 7.09. The van der Waals surface area contributed by atoms with Gasteiger partial charge >= 0.3 is 0 Å². The van der Waals surface area contributed by atoms with Crippen LogP contribution in [-0.4, -0.2) is 30.6 Å². The van der Waals surface area contributed by atoms with Crippen LogP contribution in [0.2, 0.25) is 0 Å². The smallest absolute Gasteiger partial charge is 0.270 e. The molecule has 0 aliphatic rings. The zero-order chi connectivity index (χ0) is 15.2. The molecule has 0 bridgehead atoms. The van der Waals surface area contributed by atoms with Crippen molar-refractivity contribution >= 4 is 17.2 Å². The summed E-state index contributed by atoms with van der Waals surface area (Å²) >= 11 is 1.45. The van der Waals surface area contributed by atoms with E-state index in [9.17, 15) is 4.79 Å². The predicted molar refractivity (Wildman–Crippen MR) is 82.3 cm³/mol. The summed E-state index contributed by atoms with van der Waals surface area (Å²) in [6, 6.07) is 7.42. The normalized spacial score (nSPS) is 11.8. The molecule has 6 heteroatoms. The number of carbonyl (C=O) groups is 1. The third-order valence-corrected chi connectivity index (χ3v) is 3.57. The van der Waals surface area contributed by atoms with Gasteiger partial charge < -0.3 is 14.8 Å². The Morgan fingerprint density at radius 2 is 2.10 bits per heavy atom. The van der Waals surface area contributed by atoms with Crippen molar-refractivity contribution in [2.24, 2.45) is 0 Å². The van der Waals surface area contributed by atoms with Crippen LogP contribution >= 0.6 is 11.3 Å². The van der Waals surface area contributed by atoms with Crippen LogP contribution in [0, 0.1) is 6.92 Å². The Morgan fingerprint density at radius 1 is 1.38 bits per heavy atom. The van der Waals surface area contributed by atoms with Gasteiger partial charge in [-0.25, -0.2) is 4.98 Å². The minimum Gasteiger partial charge on any atom is -0.493 e. The number of carbonyl (C=O) groups excluding carboxylic acids is 1. The highest BCUT2D eigenvalue weighted by Gasteiger charge is 2.12. The number of thiazole rings is 1. The van der Waals surface area contributed by atoms with Gasteiger partial charge in [0.2, 0.25) is 0 Å². The van der Waals surface area contributed by atoms with Crippen molar-refractivity contribution in [3.05, 3.63) is 40.3 Å². The van der Waals surface area contributed by atoms with Crippen LogP contribution in [0.15, 0.2) is 29.6 Å². The van der Waals surface area contributed by atoms with E-state index >= 15 is 0 Å². The van der Waals surface area contributed by atoms with Crippen LogP contribution in [0.25, 0.3) is 0 Å². The third kappa shape index (κ3) is 4.19. The van der Waals surface area contributed by atoms with Crippen LogP contribution < -0.4 is 14.8 Å². The summed E-state index contributed by atoms with van der Waals surface area (Å²) in [6.07, 6.45) is -0.176. The molecular formula is C15H18N2O3S. The lowest BCUT2D eigenvalue weighted by molar-refractivity contribution is 0.0927. The lowest BCUT2D eigenvalue weighted by Crippen LogP contribution is -2.33. The Morgan fingerprint density at radius 3 is 2.71 bits per heavy atom. The van der Waals surface area contributed by atoms with Gasteiger partial charge in [-0.15, -0.1) is 11.3 Å². The zero-order valence-electron chi connectivity index (χ0n) is 12.3. The molecule has 1 heterocycles. The first-order valence-electron chi connectivity index (χ1n) is 6.60. The van der Waals surface area contributed by atoms with E-state index in [0.29, 0.717) is 23.7 Å². The Kier molecular flexibility index (Phi) is 5.16. The summed E-state index contributed by atoms with van der Waals surface area (Å²) in [4.78, 5) is 16.0. The summed E-state index contributed by atoms with van der Waals surface area (Å²) in [5, 5.41) is 5.43. The molecule has 0 spiro atoms. The maximum atomic E-state index is 11.9. The number of ether oxygens (including phenoxy) is 2. The van der Waals surface area contributed by atoms with E-state index in [1.165, 1.54) is 11.3 Å². The van der Waals surface area contributed by atoms with Crippen molar-refractivity contribution in [1.29, 1.82) is 0 Å². The quantitative estimate of drug-likeness (QED) is 0.891. The number of nitrogens with one attached hydrogen (secondary N) is 1. The summed E-state index contributed by atoms with van der Waals surface area (Å²) < 4.78 is 11.0. The molecule has 0 aliphatic heterocycles. The molecule has 112 valence electrons. The maximum Gasteiger partial charge on any atom is 0.270 e. The first-order valence-corrected chi connectivity index (χ1v) is 7.48. The highest BCUT2D eigenvalue weighted by atomic mass is 32.1. The highest BCUT2D eigenvalue weighted by Crippen LogP contribution is 2.26. The number of hydrogen-bond donors (Lipinski definition) is 1. The molecule has 0 saturated carbocycles. The van der Waals surface area contributed by atoms with Gasteiger partial charge in [-0.2, -0.15) is 0 Å². The maximum absolute atomic E-state index is 11.9. The van der Waals surface area contributed by atoms with Crippen LogP contribution in [0.4, 0.5) is 0 Å². The fourth-order valence-corrected chi connectivity index (χ4v) is 2.36. The predicted octanol–water partition coefficient (Wildman–Crippen LogP) is 2.66. The number of methoxy groups -OCH3 is 1. The molecule has 21 heavy (non-hydrogen) atoms. The molecule has 5 nitrogen and oxygen atoms in total. The Bertz CT molecular complexity index is 612. The van der Waals surface area contributed by atoms with Crippen LogP contribution in [0.1, 0.15) is 22.4 Å². The standard InChI is InChI=1S/C15H18N2O3S/c1-10(20-14-7-5-4-6-13(14)19-3)8-16-15(18)12-9-21-11(2)17-12/h4-7,9-10H,8H2,1-3H3,(H,16,18). The molecule has 1 aromatic heterocycles. The van der Waals surface area contributed by atoms with Crippen LogP contribution in [-0.2, 0) is 0 Å². The molecule has 0 radical (unpaired) electrons. The van der Waals surface area contributed by atoms with Crippen LogP contribution in [0.5, 0.6) is 11.5 Å². The van der Waals surface area contributed by atoms with Crippen molar-refractivity contribution < 1.29 is 14.3 Å². The molecule has 1 aromatic carbocycles. The van der Waals surface area contributed by atoms with Gasteiger partial charge in [-0.3, -0.25) is 4.79 Å². The molecular weight excluding hydrogens is 288 g/mol. The van der Waals surface area contributed by atoms with Gasteiger partial charge in [-0.1, -0.05) is 12.1 Å². The Hall–Kier alpha value is -2.08. The lowest BCUT2D eigenvalue weighted by atomic mass is 10.3. The van der Waals surface area contributed by atoms with Crippen molar-refractivity contribution in [3.8, 4) is 11.5 Å². The van der Waals surface area contributed by atoms with E-state index in [-0.39, 0.29) is 12.0 Å². The van der Waals surface area contributed by atoms with Crippen LogP contribution in [0.3, 0.4) is 0 Å². The summed E-state index contributed by atoms with van der Waals surface area (Å²) in [5.74, 6) is 1.15. The number of amides is 1. The number of benzene rings is 1. The van der Waals surface area contributed by atoms with E-state index in [2.05, 4.69) is 10.3 Å². The van der Waals surface area contributed by atoms with E-state index in [1.807, 2.05) is 38.1 Å². The molecule has 1 amide bonds. The molecule has 1 unspecified atom stereocenters. The topological polar surface area (TPSA) is 60.5 Å². The summed E-state index contributed by atoms with van der Waals surface area (Å²) in [7, 11) is 1.60. The van der Waals surface area contributed by atoms with Crippen molar-refractivity contribution in [2.45, 2.75) is 20.0 Å². The minimum absolute atomic E-state index is 0.176. The van der Waals surface area contributed by atoms with E-state index in [0.717, 1.165) is 5.01 Å². The first kappa shape index (κ1) is 15.3. The van der Waals surface area contributed by atoms with Gasteiger partial charge in [0.1, 0.15) is 11.8 Å². The molecule has 0 aliphatic carbocycles. The molecule has 1 N–H and O–H groups in total. The largest absolute Gasteiger partial charge is 0.493 e. The van der Waals surface area contributed by atoms with Gasteiger partial charge in [0.05, 0.1) is 18.7 Å². The van der Waals surface area contributed by atoms with Crippen molar-refractivity contribution in [3.63, 3.8) is 0 Å². The number of para-hydroxylation sites is 2. The molecule has 0 fully saturated rings. The fourth-order valence-electron chi connectivity index (χ4n) is 1.77.